The second-order valence-corrected chi connectivity index (χ2v) is 11.3. The van der Waals surface area contributed by atoms with Gasteiger partial charge in [0.15, 0.2) is 11.6 Å². The van der Waals surface area contributed by atoms with Crippen molar-refractivity contribution in [3.05, 3.63) is 161 Å². The summed E-state index contributed by atoms with van der Waals surface area (Å²) < 4.78 is 0. The average molecular weight is 537 g/mol. The molecule has 3 aliphatic rings. The van der Waals surface area contributed by atoms with Gasteiger partial charge < -0.3 is 0 Å². The molecule has 4 nitrogen and oxygen atoms in total. The summed E-state index contributed by atoms with van der Waals surface area (Å²) in [6, 6.07) is 40.9. The summed E-state index contributed by atoms with van der Waals surface area (Å²) in [6.07, 6.45) is 2.31. The molecule has 1 heterocycles. The smallest absolute Gasteiger partial charge is 0.162 e. The summed E-state index contributed by atoms with van der Waals surface area (Å²) in [6.45, 7) is 0. The van der Waals surface area contributed by atoms with Gasteiger partial charge in [-0.2, -0.15) is 0 Å². The van der Waals surface area contributed by atoms with Crippen molar-refractivity contribution in [3.8, 4) is 0 Å². The third-order valence-electron chi connectivity index (χ3n) is 8.77. The Morgan fingerprint density at radius 2 is 0.878 bits per heavy atom. The zero-order valence-electron chi connectivity index (χ0n) is 22.9. The maximum atomic E-state index is 14.2. The molecule has 0 spiro atoms. The number of nitrogens with one attached hydrogen (secondary N) is 1. The Bertz CT molecular complexity index is 1560. The zero-order valence-corrected chi connectivity index (χ0v) is 22.9. The summed E-state index contributed by atoms with van der Waals surface area (Å²) >= 11 is 0. The monoisotopic (exact) mass is 536 g/mol. The Kier molecular flexibility index (Phi) is 6.60. The summed E-state index contributed by atoms with van der Waals surface area (Å²) in [5.41, 5.74) is 11.4. The Morgan fingerprint density at radius 3 is 1.32 bits per heavy atom. The van der Waals surface area contributed by atoms with E-state index in [9.17, 15) is 9.59 Å². The molecule has 0 amide bonds. The number of nitrogens with zero attached hydrogens (tertiary/aromatic N) is 1. The molecule has 4 aromatic rings. The molecular weight excluding hydrogens is 504 g/mol. The predicted molar refractivity (Wildman–Crippen MR) is 162 cm³/mol. The van der Waals surface area contributed by atoms with Gasteiger partial charge in [-0.25, -0.2) is 0 Å². The first-order valence-corrected chi connectivity index (χ1v) is 14.5. The van der Waals surface area contributed by atoms with Crippen molar-refractivity contribution < 1.29 is 9.59 Å². The minimum Gasteiger partial charge on any atom is -0.294 e. The van der Waals surface area contributed by atoms with Crippen molar-refractivity contribution in [1.82, 2.24) is 5.01 Å². The van der Waals surface area contributed by atoms with Crippen molar-refractivity contribution in [2.45, 2.75) is 43.4 Å². The number of anilines is 1. The molecule has 1 aliphatic heterocycles. The molecule has 202 valence electrons. The first-order valence-electron chi connectivity index (χ1n) is 14.5. The zero-order chi connectivity index (χ0) is 27.8. The number of benzene rings is 4. The van der Waals surface area contributed by atoms with Crippen LogP contribution in [0.2, 0.25) is 0 Å². The van der Waals surface area contributed by atoms with Gasteiger partial charge in [-0.3, -0.25) is 20.0 Å². The third-order valence-corrected chi connectivity index (χ3v) is 8.77. The quantitative estimate of drug-likeness (QED) is 0.282. The van der Waals surface area contributed by atoms with Gasteiger partial charge in [-0.1, -0.05) is 109 Å². The number of rotatable bonds is 5. The van der Waals surface area contributed by atoms with E-state index in [-0.39, 0.29) is 29.3 Å². The van der Waals surface area contributed by atoms with E-state index in [1.165, 1.54) is 11.1 Å². The standard InChI is InChI=1S/C37H32N2O2/c40-33-23-28(25-13-5-1-6-14-25)21-31-36(33)35(27-17-9-3-10-18-27)37-32(39(31)38-30-19-11-4-12-20-30)22-29(24-34(37)41)26-15-7-2-8-16-26/h1-20,28-29,35,38H,21-24H2. The minimum atomic E-state index is -0.358. The number of hydrazine groups is 1. The molecule has 0 saturated heterocycles. The van der Waals surface area contributed by atoms with Crippen LogP contribution in [-0.2, 0) is 9.59 Å². The van der Waals surface area contributed by atoms with E-state index in [0.29, 0.717) is 12.8 Å². The molecule has 2 aliphatic carbocycles. The van der Waals surface area contributed by atoms with Crippen molar-refractivity contribution in [2.24, 2.45) is 0 Å². The predicted octanol–water partition coefficient (Wildman–Crippen LogP) is 7.91. The van der Waals surface area contributed by atoms with Gasteiger partial charge in [-0.05, 0) is 53.5 Å². The number of Topliss-reactive ketones (excluding diaryl/α,β-unsaturated/α-hetero) is 2. The molecule has 4 aromatic carbocycles. The van der Waals surface area contributed by atoms with E-state index in [2.05, 4.69) is 46.8 Å². The second-order valence-electron chi connectivity index (χ2n) is 11.3. The molecule has 0 fully saturated rings. The van der Waals surface area contributed by atoms with Crippen LogP contribution in [0, 0.1) is 0 Å². The molecule has 0 saturated carbocycles. The van der Waals surface area contributed by atoms with Crippen LogP contribution in [-0.4, -0.2) is 16.6 Å². The highest BCUT2D eigenvalue weighted by atomic mass is 16.1. The van der Waals surface area contributed by atoms with Crippen LogP contribution in [0.5, 0.6) is 0 Å². The molecular formula is C37H32N2O2. The van der Waals surface area contributed by atoms with Crippen LogP contribution in [0.25, 0.3) is 0 Å². The van der Waals surface area contributed by atoms with E-state index >= 15 is 0 Å². The normalized spacial score (nSPS) is 22.3. The summed E-state index contributed by atoms with van der Waals surface area (Å²) in [7, 11) is 0. The molecule has 41 heavy (non-hydrogen) atoms. The fourth-order valence-corrected chi connectivity index (χ4v) is 6.88. The number of carbonyl (C=O) groups is 2. The van der Waals surface area contributed by atoms with Crippen LogP contribution in [0.3, 0.4) is 0 Å². The van der Waals surface area contributed by atoms with E-state index < -0.39 is 0 Å². The van der Waals surface area contributed by atoms with Crippen molar-refractivity contribution in [2.75, 3.05) is 5.43 Å². The van der Waals surface area contributed by atoms with Crippen LogP contribution in [0.1, 0.15) is 60.1 Å². The number of allylic oxidation sites excluding steroid dienone is 4. The van der Waals surface area contributed by atoms with Gasteiger partial charge in [0, 0.05) is 41.3 Å². The van der Waals surface area contributed by atoms with Crippen LogP contribution in [0.15, 0.2) is 144 Å². The number of hydrogen-bond acceptors (Lipinski definition) is 4. The maximum Gasteiger partial charge on any atom is 0.162 e. The van der Waals surface area contributed by atoms with Gasteiger partial charge in [0.2, 0.25) is 0 Å². The highest BCUT2D eigenvalue weighted by Gasteiger charge is 2.47. The largest absolute Gasteiger partial charge is 0.294 e. The molecule has 0 bridgehead atoms. The molecule has 2 atom stereocenters. The lowest BCUT2D eigenvalue weighted by Crippen LogP contribution is -2.43. The number of para-hydroxylation sites is 1. The lowest BCUT2D eigenvalue weighted by atomic mass is 9.67. The summed E-state index contributed by atoms with van der Waals surface area (Å²) in [5, 5.41) is 2.11. The van der Waals surface area contributed by atoms with Crippen molar-refractivity contribution in [3.63, 3.8) is 0 Å². The Labute approximate surface area is 241 Å². The lowest BCUT2D eigenvalue weighted by molar-refractivity contribution is -0.117. The van der Waals surface area contributed by atoms with E-state index in [0.717, 1.165) is 46.6 Å². The van der Waals surface area contributed by atoms with Gasteiger partial charge >= 0.3 is 0 Å². The fraction of sp³-hybridized carbons (Fsp3) is 0.189. The highest BCUT2D eigenvalue weighted by molar-refractivity contribution is 6.07. The van der Waals surface area contributed by atoms with Gasteiger partial charge in [0.25, 0.3) is 0 Å². The van der Waals surface area contributed by atoms with Crippen LogP contribution < -0.4 is 5.43 Å². The molecule has 0 aromatic heterocycles. The SMILES string of the molecule is O=C1CC(c2ccccc2)CC2=C1C(c1ccccc1)C1=C(CC(c3ccccc3)CC1=O)N2Nc1ccccc1. The van der Waals surface area contributed by atoms with E-state index in [1.54, 1.807) is 0 Å². The van der Waals surface area contributed by atoms with Crippen molar-refractivity contribution >= 4 is 17.3 Å². The molecule has 7 rings (SSSR count). The molecule has 0 radical (unpaired) electrons. The first kappa shape index (κ1) is 25.3. The Morgan fingerprint density at radius 1 is 0.488 bits per heavy atom. The molecule has 1 N–H and O–H groups in total. The van der Waals surface area contributed by atoms with Crippen molar-refractivity contribution in [1.29, 1.82) is 0 Å². The topological polar surface area (TPSA) is 49.4 Å². The second kappa shape index (κ2) is 10.7. The molecule has 2 unspecified atom stereocenters. The maximum absolute atomic E-state index is 14.2. The molecule has 4 heteroatoms. The lowest BCUT2D eigenvalue weighted by Gasteiger charge is -2.46. The van der Waals surface area contributed by atoms with E-state index in [1.807, 2.05) is 84.9 Å². The number of carbonyl (C=O) groups excluding carboxylic acids is 2. The van der Waals surface area contributed by atoms with Gasteiger partial charge in [0.1, 0.15) is 0 Å². The number of ketones is 2. The van der Waals surface area contributed by atoms with Gasteiger partial charge in [-0.15, -0.1) is 0 Å². The Hall–Kier alpha value is -4.70. The average Bonchev–Trinajstić information content (AvgIpc) is 3.03. The Balaban J connectivity index is 1.42. The van der Waals surface area contributed by atoms with Crippen LogP contribution >= 0.6 is 0 Å². The van der Waals surface area contributed by atoms with Crippen LogP contribution in [0.4, 0.5) is 5.69 Å². The highest BCUT2D eigenvalue weighted by Crippen LogP contribution is 2.53. The van der Waals surface area contributed by atoms with E-state index in [4.69, 9.17) is 0 Å². The fourth-order valence-electron chi connectivity index (χ4n) is 6.88. The van der Waals surface area contributed by atoms with Gasteiger partial charge in [0.05, 0.1) is 5.69 Å². The minimum absolute atomic E-state index is 0.0744. The summed E-state index contributed by atoms with van der Waals surface area (Å²) in [4.78, 5) is 28.4. The third kappa shape index (κ3) is 4.70. The summed E-state index contributed by atoms with van der Waals surface area (Å²) in [5.74, 6) is 0.0378. The first-order chi connectivity index (χ1) is 20.2. The number of hydrogen-bond donors (Lipinski definition) is 1.